The molecule has 0 fully saturated rings. The second-order valence-corrected chi connectivity index (χ2v) is 4.67. The van der Waals surface area contributed by atoms with Gasteiger partial charge in [0.1, 0.15) is 0 Å². The van der Waals surface area contributed by atoms with Crippen LogP contribution in [0.4, 0.5) is 8.78 Å². The van der Waals surface area contributed by atoms with E-state index in [9.17, 15) is 8.78 Å². The molecule has 1 aromatic heterocycles. The van der Waals surface area contributed by atoms with Gasteiger partial charge in [-0.3, -0.25) is 0 Å². The Hall–Kier alpha value is -0.550. The predicted octanol–water partition coefficient (Wildman–Crippen LogP) is 2.40. The topological polar surface area (TPSA) is 38.9 Å². The molecule has 1 heterocycles. The Morgan fingerprint density at radius 1 is 1.50 bits per heavy atom. The molecule has 1 unspecified atom stereocenters. The molecule has 1 atom stereocenters. The lowest BCUT2D eigenvalue weighted by Crippen LogP contribution is -2.30. The van der Waals surface area contributed by atoms with Crippen LogP contribution in [0.1, 0.15) is 29.7 Å². The second kappa shape index (κ2) is 4.79. The fraction of sp³-hybridized carbons (Fsp3) is 0.667. The van der Waals surface area contributed by atoms with E-state index in [-0.39, 0.29) is 6.42 Å². The number of halogens is 2. The summed E-state index contributed by atoms with van der Waals surface area (Å²) in [6.45, 7) is 4.05. The molecule has 2 nitrogen and oxygen atoms in total. The lowest BCUT2D eigenvalue weighted by Gasteiger charge is -2.07. The average Bonchev–Trinajstić information content (AvgIpc) is 2.52. The number of hydrogen-bond acceptors (Lipinski definition) is 3. The first-order chi connectivity index (χ1) is 6.50. The quantitative estimate of drug-likeness (QED) is 0.846. The van der Waals surface area contributed by atoms with Crippen LogP contribution >= 0.6 is 11.3 Å². The third kappa shape index (κ3) is 2.99. The van der Waals surface area contributed by atoms with Crippen molar-refractivity contribution in [2.75, 3.05) is 0 Å². The minimum atomic E-state index is -2.46. The number of thiazole rings is 1. The summed E-state index contributed by atoms with van der Waals surface area (Å²) in [5, 5.41) is 0.974. The van der Waals surface area contributed by atoms with Crippen molar-refractivity contribution in [3.63, 3.8) is 0 Å². The van der Waals surface area contributed by atoms with Crippen LogP contribution in [-0.2, 0) is 6.42 Å². The molecular weight excluding hydrogens is 206 g/mol. The van der Waals surface area contributed by atoms with E-state index < -0.39 is 12.5 Å². The summed E-state index contributed by atoms with van der Waals surface area (Å²) in [6, 6.07) is -1.07. The van der Waals surface area contributed by atoms with Gasteiger partial charge >= 0.3 is 0 Å². The van der Waals surface area contributed by atoms with Gasteiger partial charge in [0.15, 0.2) is 0 Å². The van der Waals surface area contributed by atoms with Crippen LogP contribution in [-0.4, -0.2) is 17.5 Å². The van der Waals surface area contributed by atoms with Crippen LogP contribution in [0.15, 0.2) is 6.20 Å². The minimum Gasteiger partial charge on any atom is -0.323 e. The summed E-state index contributed by atoms with van der Waals surface area (Å²) in [5.74, 6) is 0.344. The molecule has 0 aliphatic heterocycles. The van der Waals surface area contributed by atoms with Gasteiger partial charge in [0.25, 0.3) is 6.43 Å². The molecule has 0 saturated carbocycles. The van der Waals surface area contributed by atoms with Gasteiger partial charge in [-0.15, -0.1) is 11.3 Å². The average molecular weight is 220 g/mol. The summed E-state index contributed by atoms with van der Waals surface area (Å²) in [7, 11) is 0. The Bertz CT molecular complexity index is 286. The molecule has 80 valence electrons. The van der Waals surface area contributed by atoms with Crippen molar-refractivity contribution in [3.05, 3.63) is 16.1 Å². The monoisotopic (exact) mass is 220 g/mol. The fourth-order valence-corrected chi connectivity index (χ4v) is 2.00. The molecule has 1 rings (SSSR count). The molecule has 0 aromatic carbocycles. The fourth-order valence-electron chi connectivity index (χ4n) is 1.01. The van der Waals surface area contributed by atoms with Crippen LogP contribution in [0.5, 0.6) is 0 Å². The predicted molar refractivity (Wildman–Crippen MR) is 53.9 cm³/mol. The van der Waals surface area contributed by atoms with E-state index in [4.69, 9.17) is 5.73 Å². The van der Waals surface area contributed by atoms with Gasteiger partial charge in [0.05, 0.1) is 11.0 Å². The molecule has 5 heteroatoms. The maximum absolute atomic E-state index is 12.1. The standard InChI is InChI=1S/C9H14F2N2S/c1-5(2)9-13-4-6(14-9)3-7(12)8(10)11/h4-5,7-8H,3,12H2,1-2H3. The summed E-state index contributed by atoms with van der Waals surface area (Å²) in [6.07, 6.45) is -0.607. The van der Waals surface area contributed by atoms with Crippen LogP contribution < -0.4 is 5.73 Å². The summed E-state index contributed by atoms with van der Waals surface area (Å²) in [5.41, 5.74) is 5.26. The van der Waals surface area contributed by atoms with Crippen molar-refractivity contribution in [1.82, 2.24) is 4.98 Å². The normalized spacial score (nSPS) is 13.9. The molecule has 0 radical (unpaired) electrons. The van der Waals surface area contributed by atoms with E-state index in [2.05, 4.69) is 4.98 Å². The third-order valence-electron chi connectivity index (χ3n) is 1.83. The minimum absolute atomic E-state index is 0.210. The molecular formula is C9H14F2N2S. The van der Waals surface area contributed by atoms with Gasteiger partial charge in [-0.05, 0) is 0 Å². The van der Waals surface area contributed by atoms with Crippen molar-refractivity contribution in [1.29, 1.82) is 0 Å². The first-order valence-corrected chi connectivity index (χ1v) is 5.30. The summed E-state index contributed by atoms with van der Waals surface area (Å²) < 4.78 is 24.3. The Morgan fingerprint density at radius 3 is 2.57 bits per heavy atom. The molecule has 2 N–H and O–H groups in total. The van der Waals surface area contributed by atoms with E-state index in [1.54, 1.807) is 6.20 Å². The largest absolute Gasteiger partial charge is 0.323 e. The first kappa shape index (κ1) is 11.5. The van der Waals surface area contributed by atoms with Gasteiger partial charge in [-0.25, -0.2) is 13.8 Å². The zero-order valence-electron chi connectivity index (χ0n) is 8.21. The van der Waals surface area contributed by atoms with Crippen LogP contribution in [0, 0.1) is 0 Å². The third-order valence-corrected chi connectivity index (χ3v) is 3.15. The van der Waals surface area contributed by atoms with E-state index >= 15 is 0 Å². The molecule has 0 spiro atoms. The van der Waals surface area contributed by atoms with E-state index in [1.807, 2.05) is 13.8 Å². The molecule has 0 aliphatic rings. The zero-order chi connectivity index (χ0) is 10.7. The molecule has 0 aliphatic carbocycles. The Morgan fingerprint density at radius 2 is 2.14 bits per heavy atom. The molecule has 0 amide bonds. The number of nitrogens with zero attached hydrogens (tertiary/aromatic N) is 1. The highest BCUT2D eigenvalue weighted by Gasteiger charge is 2.17. The van der Waals surface area contributed by atoms with Crippen molar-refractivity contribution >= 4 is 11.3 Å². The molecule has 0 bridgehead atoms. The summed E-state index contributed by atoms with van der Waals surface area (Å²) in [4.78, 5) is 4.98. The highest BCUT2D eigenvalue weighted by Crippen LogP contribution is 2.22. The number of alkyl halides is 2. The molecule has 1 aromatic rings. The number of hydrogen-bond donors (Lipinski definition) is 1. The maximum atomic E-state index is 12.1. The Labute approximate surface area is 86.2 Å². The van der Waals surface area contributed by atoms with Gasteiger partial charge in [0.2, 0.25) is 0 Å². The van der Waals surface area contributed by atoms with Crippen molar-refractivity contribution in [3.8, 4) is 0 Å². The Kier molecular flexibility index (Phi) is 3.95. The van der Waals surface area contributed by atoms with Crippen LogP contribution in [0.25, 0.3) is 0 Å². The van der Waals surface area contributed by atoms with Gasteiger partial charge < -0.3 is 5.73 Å². The van der Waals surface area contributed by atoms with E-state index in [0.717, 1.165) is 9.88 Å². The van der Waals surface area contributed by atoms with E-state index in [1.165, 1.54) is 11.3 Å². The highest BCUT2D eigenvalue weighted by atomic mass is 32.1. The number of nitrogens with two attached hydrogens (primary N) is 1. The first-order valence-electron chi connectivity index (χ1n) is 4.49. The van der Waals surface area contributed by atoms with Gasteiger partial charge in [-0.1, -0.05) is 13.8 Å². The zero-order valence-corrected chi connectivity index (χ0v) is 9.02. The molecule has 0 saturated heterocycles. The van der Waals surface area contributed by atoms with Crippen molar-refractivity contribution in [2.24, 2.45) is 5.73 Å². The lowest BCUT2D eigenvalue weighted by atomic mass is 10.2. The number of rotatable bonds is 4. The lowest BCUT2D eigenvalue weighted by molar-refractivity contribution is 0.116. The SMILES string of the molecule is CC(C)c1ncc(CC(N)C(F)F)s1. The number of aromatic nitrogens is 1. The van der Waals surface area contributed by atoms with Gasteiger partial charge in [0, 0.05) is 23.4 Å². The maximum Gasteiger partial charge on any atom is 0.253 e. The van der Waals surface area contributed by atoms with Crippen LogP contribution in [0.2, 0.25) is 0 Å². The second-order valence-electron chi connectivity index (χ2n) is 3.52. The Balaban J connectivity index is 2.60. The smallest absolute Gasteiger partial charge is 0.253 e. The van der Waals surface area contributed by atoms with Crippen LogP contribution in [0.3, 0.4) is 0 Å². The van der Waals surface area contributed by atoms with Crippen molar-refractivity contribution in [2.45, 2.75) is 38.7 Å². The highest BCUT2D eigenvalue weighted by molar-refractivity contribution is 7.11. The van der Waals surface area contributed by atoms with Crippen molar-refractivity contribution < 1.29 is 8.78 Å². The summed E-state index contributed by atoms with van der Waals surface area (Å²) >= 11 is 1.46. The molecule has 14 heavy (non-hydrogen) atoms. The van der Waals surface area contributed by atoms with E-state index in [0.29, 0.717) is 5.92 Å². The van der Waals surface area contributed by atoms with Gasteiger partial charge in [-0.2, -0.15) is 0 Å².